The minimum atomic E-state index is -0.352. The summed E-state index contributed by atoms with van der Waals surface area (Å²) in [4.78, 5) is 26.5. The van der Waals surface area contributed by atoms with Gasteiger partial charge in [0.25, 0.3) is 5.91 Å². The van der Waals surface area contributed by atoms with Crippen LogP contribution in [0.15, 0.2) is 47.1 Å². The Bertz CT molecular complexity index is 703. The highest BCUT2D eigenvalue weighted by Crippen LogP contribution is 2.12. The summed E-state index contributed by atoms with van der Waals surface area (Å²) in [5, 5.41) is 2.72. The Morgan fingerprint density at radius 2 is 1.68 bits per heavy atom. The molecule has 0 aliphatic carbocycles. The van der Waals surface area contributed by atoms with Crippen LogP contribution < -0.4 is 5.32 Å². The fourth-order valence-corrected chi connectivity index (χ4v) is 2.74. The molecule has 0 aliphatic rings. The SMILES string of the molecule is CCCCN(CCCC)CCOC(=O)c1ccc(NC(=O)c2ccco2)cc1. The number of nitrogens with one attached hydrogen (secondary N) is 1. The summed E-state index contributed by atoms with van der Waals surface area (Å²) in [6.07, 6.45) is 6.07. The van der Waals surface area contributed by atoms with Crippen LogP contribution in [-0.2, 0) is 4.74 Å². The van der Waals surface area contributed by atoms with Crippen LogP contribution in [0.25, 0.3) is 0 Å². The van der Waals surface area contributed by atoms with Crippen LogP contribution in [0.3, 0.4) is 0 Å². The van der Waals surface area contributed by atoms with Gasteiger partial charge in [0.15, 0.2) is 5.76 Å². The Morgan fingerprint density at radius 1 is 1.00 bits per heavy atom. The highest BCUT2D eigenvalue weighted by Gasteiger charge is 2.11. The van der Waals surface area contributed by atoms with Crippen molar-refractivity contribution in [3.63, 3.8) is 0 Å². The fraction of sp³-hybridized carbons (Fsp3) is 0.455. The van der Waals surface area contributed by atoms with Crippen molar-refractivity contribution >= 4 is 17.6 Å². The molecule has 152 valence electrons. The van der Waals surface area contributed by atoms with Gasteiger partial charge in [0, 0.05) is 12.2 Å². The number of amides is 1. The Balaban J connectivity index is 1.79. The Hall–Kier alpha value is -2.60. The zero-order valence-electron chi connectivity index (χ0n) is 16.8. The molecule has 0 atom stereocenters. The van der Waals surface area contributed by atoms with E-state index in [-0.39, 0.29) is 17.6 Å². The van der Waals surface area contributed by atoms with E-state index in [1.807, 2.05) is 0 Å². The van der Waals surface area contributed by atoms with E-state index >= 15 is 0 Å². The first kappa shape index (κ1) is 21.7. The summed E-state index contributed by atoms with van der Waals surface area (Å²) in [6, 6.07) is 9.88. The third-order valence-corrected chi connectivity index (χ3v) is 4.42. The molecule has 0 aliphatic heterocycles. The summed E-state index contributed by atoms with van der Waals surface area (Å²) >= 11 is 0. The molecule has 1 amide bonds. The van der Waals surface area contributed by atoms with Gasteiger partial charge in [0.1, 0.15) is 6.61 Å². The zero-order chi connectivity index (χ0) is 20.2. The van der Waals surface area contributed by atoms with Crippen LogP contribution in [0.1, 0.15) is 60.4 Å². The maximum Gasteiger partial charge on any atom is 0.338 e. The van der Waals surface area contributed by atoms with Crippen molar-refractivity contribution in [1.82, 2.24) is 4.90 Å². The molecule has 6 heteroatoms. The first-order chi connectivity index (χ1) is 13.6. The van der Waals surface area contributed by atoms with E-state index in [0.717, 1.165) is 45.3 Å². The van der Waals surface area contributed by atoms with Gasteiger partial charge in [-0.05, 0) is 62.3 Å². The standard InChI is InChI=1S/C22H30N2O4/c1-3-5-13-24(14-6-4-2)15-17-28-22(26)18-9-11-19(12-10-18)23-21(25)20-8-7-16-27-20/h7-12,16H,3-6,13-15,17H2,1-2H3,(H,23,25). The number of ether oxygens (including phenoxy) is 1. The first-order valence-electron chi connectivity index (χ1n) is 9.98. The van der Waals surface area contributed by atoms with Crippen molar-refractivity contribution in [1.29, 1.82) is 0 Å². The van der Waals surface area contributed by atoms with Gasteiger partial charge < -0.3 is 14.5 Å². The Kier molecular flexibility index (Phi) is 9.28. The number of benzene rings is 1. The average molecular weight is 386 g/mol. The van der Waals surface area contributed by atoms with Gasteiger partial charge in [-0.2, -0.15) is 0 Å². The van der Waals surface area contributed by atoms with Crippen LogP contribution in [0.5, 0.6) is 0 Å². The summed E-state index contributed by atoms with van der Waals surface area (Å²) in [7, 11) is 0. The molecule has 0 unspecified atom stereocenters. The maximum absolute atomic E-state index is 12.2. The predicted octanol–water partition coefficient (Wildman–Crippen LogP) is 4.59. The maximum atomic E-state index is 12.2. The molecule has 28 heavy (non-hydrogen) atoms. The number of carbonyl (C=O) groups excluding carboxylic acids is 2. The van der Waals surface area contributed by atoms with Crippen molar-refractivity contribution in [2.24, 2.45) is 0 Å². The summed E-state index contributed by atoms with van der Waals surface area (Å²) in [5.41, 5.74) is 1.05. The molecule has 2 aromatic rings. The third kappa shape index (κ3) is 7.19. The number of nitrogens with zero attached hydrogens (tertiary/aromatic N) is 1. The topological polar surface area (TPSA) is 71.8 Å². The molecule has 0 bridgehead atoms. The highest BCUT2D eigenvalue weighted by atomic mass is 16.5. The van der Waals surface area contributed by atoms with Gasteiger partial charge in [-0.15, -0.1) is 0 Å². The van der Waals surface area contributed by atoms with E-state index < -0.39 is 0 Å². The van der Waals surface area contributed by atoms with E-state index in [1.165, 1.54) is 6.26 Å². The Morgan fingerprint density at radius 3 is 2.25 bits per heavy atom. The van der Waals surface area contributed by atoms with Gasteiger partial charge >= 0.3 is 5.97 Å². The van der Waals surface area contributed by atoms with Crippen molar-refractivity contribution in [3.8, 4) is 0 Å². The summed E-state index contributed by atoms with van der Waals surface area (Å²) in [6.45, 7) is 7.57. The molecule has 1 aromatic heterocycles. The number of carbonyl (C=O) groups is 2. The minimum Gasteiger partial charge on any atom is -0.461 e. The zero-order valence-corrected chi connectivity index (χ0v) is 16.8. The van der Waals surface area contributed by atoms with Gasteiger partial charge in [-0.25, -0.2) is 4.79 Å². The lowest BCUT2D eigenvalue weighted by molar-refractivity contribution is 0.0460. The van der Waals surface area contributed by atoms with Crippen LogP contribution in [-0.4, -0.2) is 43.0 Å². The van der Waals surface area contributed by atoms with E-state index in [4.69, 9.17) is 9.15 Å². The molecule has 1 heterocycles. The van der Waals surface area contributed by atoms with E-state index in [2.05, 4.69) is 24.1 Å². The molecule has 1 aromatic carbocycles. The van der Waals surface area contributed by atoms with Gasteiger partial charge in [-0.1, -0.05) is 26.7 Å². The lowest BCUT2D eigenvalue weighted by Crippen LogP contribution is -2.30. The second-order valence-corrected chi connectivity index (χ2v) is 6.69. The molecule has 0 saturated heterocycles. The first-order valence-corrected chi connectivity index (χ1v) is 9.98. The van der Waals surface area contributed by atoms with E-state index in [0.29, 0.717) is 17.9 Å². The molecule has 0 saturated carbocycles. The lowest BCUT2D eigenvalue weighted by atomic mass is 10.2. The van der Waals surface area contributed by atoms with Crippen molar-refractivity contribution in [3.05, 3.63) is 54.0 Å². The molecule has 1 N–H and O–H groups in total. The van der Waals surface area contributed by atoms with Gasteiger partial charge in [0.05, 0.1) is 11.8 Å². The minimum absolute atomic E-state index is 0.235. The second-order valence-electron chi connectivity index (χ2n) is 6.69. The van der Waals surface area contributed by atoms with Crippen LogP contribution >= 0.6 is 0 Å². The number of furan rings is 1. The fourth-order valence-electron chi connectivity index (χ4n) is 2.74. The van der Waals surface area contributed by atoms with E-state index in [9.17, 15) is 9.59 Å². The Labute approximate surface area is 166 Å². The molecule has 0 spiro atoms. The van der Waals surface area contributed by atoms with Crippen LogP contribution in [0, 0.1) is 0 Å². The number of anilines is 1. The molecule has 2 rings (SSSR count). The smallest absolute Gasteiger partial charge is 0.338 e. The summed E-state index contributed by atoms with van der Waals surface area (Å²) < 4.78 is 10.5. The highest BCUT2D eigenvalue weighted by molar-refractivity contribution is 6.02. The lowest BCUT2D eigenvalue weighted by Gasteiger charge is -2.21. The van der Waals surface area contributed by atoms with Crippen molar-refractivity contribution in [2.75, 3.05) is 31.6 Å². The third-order valence-electron chi connectivity index (χ3n) is 4.42. The molecule has 0 radical (unpaired) electrons. The number of hydrogen-bond acceptors (Lipinski definition) is 5. The normalized spacial score (nSPS) is 10.8. The van der Waals surface area contributed by atoms with Gasteiger partial charge in [-0.3, -0.25) is 9.69 Å². The quantitative estimate of drug-likeness (QED) is 0.540. The number of rotatable bonds is 12. The molecule has 6 nitrogen and oxygen atoms in total. The molecule has 0 fully saturated rings. The van der Waals surface area contributed by atoms with Crippen LogP contribution in [0.2, 0.25) is 0 Å². The second kappa shape index (κ2) is 12.0. The van der Waals surface area contributed by atoms with Crippen molar-refractivity contribution in [2.45, 2.75) is 39.5 Å². The predicted molar refractivity (Wildman–Crippen MR) is 110 cm³/mol. The van der Waals surface area contributed by atoms with Crippen molar-refractivity contribution < 1.29 is 18.7 Å². The van der Waals surface area contributed by atoms with Crippen LogP contribution in [0.4, 0.5) is 5.69 Å². The monoisotopic (exact) mass is 386 g/mol. The number of esters is 1. The number of unbranched alkanes of at least 4 members (excludes halogenated alkanes) is 2. The average Bonchev–Trinajstić information content (AvgIpc) is 3.25. The summed E-state index contributed by atoms with van der Waals surface area (Å²) in [5.74, 6) is -0.450. The molecular weight excluding hydrogens is 356 g/mol. The number of hydrogen-bond donors (Lipinski definition) is 1. The van der Waals surface area contributed by atoms with E-state index in [1.54, 1.807) is 36.4 Å². The molecular formula is C22H30N2O4. The largest absolute Gasteiger partial charge is 0.461 e. The van der Waals surface area contributed by atoms with Gasteiger partial charge in [0.2, 0.25) is 0 Å².